The van der Waals surface area contributed by atoms with Crippen molar-refractivity contribution in [3.63, 3.8) is 0 Å². The molecule has 5 heterocycles. The van der Waals surface area contributed by atoms with Gasteiger partial charge in [0.1, 0.15) is 17.5 Å². The summed E-state index contributed by atoms with van der Waals surface area (Å²) in [6.07, 6.45) is 9.56. The Morgan fingerprint density at radius 3 is 2.74 bits per heavy atom. The highest BCUT2D eigenvalue weighted by molar-refractivity contribution is 8.04. The van der Waals surface area contributed by atoms with Crippen molar-refractivity contribution in [3.05, 3.63) is 41.1 Å². The van der Waals surface area contributed by atoms with Crippen molar-refractivity contribution in [2.45, 2.75) is 18.2 Å². The quantitative estimate of drug-likeness (QED) is 0.613. The molecule has 0 radical (unpaired) electrons. The second kappa shape index (κ2) is 10.3. The van der Waals surface area contributed by atoms with Gasteiger partial charge in [0.05, 0.1) is 42.5 Å². The van der Waals surface area contributed by atoms with Crippen LogP contribution in [0.3, 0.4) is 0 Å². The molecular weight excluding hydrogens is 464 g/mol. The van der Waals surface area contributed by atoms with Crippen molar-refractivity contribution in [3.8, 4) is 0 Å². The Labute approximate surface area is 209 Å². The third-order valence-electron chi connectivity index (χ3n) is 6.39. The topological polar surface area (TPSA) is 108 Å². The lowest BCUT2D eigenvalue weighted by Gasteiger charge is -2.36. The van der Waals surface area contributed by atoms with Crippen LogP contribution in [-0.2, 0) is 4.74 Å². The van der Waals surface area contributed by atoms with Crippen molar-refractivity contribution in [2.24, 2.45) is 20.9 Å². The summed E-state index contributed by atoms with van der Waals surface area (Å²) in [5, 5.41) is 3.50. The number of Topliss-reactive ketones (excluding diaryl/α,β-unsaturated/α-hetero) is 1. The lowest BCUT2D eigenvalue weighted by atomic mass is 10.0. The second-order valence-corrected chi connectivity index (χ2v) is 10.1. The molecule has 3 unspecified atom stereocenters. The molecule has 0 spiro atoms. The van der Waals surface area contributed by atoms with Gasteiger partial charge >= 0.3 is 0 Å². The molecular formula is C24H30N8O2S. The van der Waals surface area contributed by atoms with Gasteiger partial charge < -0.3 is 19.9 Å². The molecule has 1 saturated heterocycles. The molecule has 5 rings (SSSR count). The highest BCUT2D eigenvalue weighted by Gasteiger charge is 2.39. The molecule has 0 aromatic carbocycles. The van der Waals surface area contributed by atoms with Crippen molar-refractivity contribution < 1.29 is 9.53 Å². The number of carbonyl (C=O) groups excluding carboxylic acids is 1. The lowest BCUT2D eigenvalue weighted by Crippen LogP contribution is -2.49. The zero-order valence-corrected chi connectivity index (χ0v) is 21.0. The van der Waals surface area contributed by atoms with Crippen LogP contribution in [0.4, 0.5) is 5.95 Å². The van der Waals surface area contributed by atoms with Crippen LogP contribution < -0.4 is 10.2 Å². The molecule has 11 heteroatoms. The van der Waals surface area contributed by atoms with Gasteiger partial charge in [-0.2, -0.15) is 0 Å². The number of hydrogen-bond acceptors (Lipinski definition) is 10. The molecule has 1 aromatic rings. The van der Waals surface area contributed by atoms with E-state index in [-0.39, 0.29) is 23.0 Å². The van der Waals surface area contributed by atoms with E-state index in [1.165, 1.54) is 11.8 Å². The van der Waals surface area contributed by atoms with E-state index in [0.29, 0.717) is 31.3 Å². The number of nitrogens with zero attached hydrogens (tertiary/aromatic N) is 7. The molecule has 0 bridgehead atoms. The summed E-state index contributed by atoms with van der Waals surface area (Å²) in [6.45, 7) is 6.02. The first kappa shape index (κ1) is 23.7. The third-order valence-corrected chi connectivity index (χ3v) is 7.70. The lowest BCUT2D eigenvalue weighted by molar-refractivity contribution is 0.0672. The van der Waals surface area contributed by atoms with Crippen LogP contribution in [0.15, 0.2) is 50.5 Å². The Kier molecular flexibility index (Phi) is 6.96. The molecule has 10 nitrogen and oxygen atoms in total. The predicted molar refractivity (Wildman–Crippen MR) is 140 cm³/mol. The summed E-state index contributed by atoms with van der Waals surface area (Å²) in [4.78, 5) is 40.2. The fourth-order valence-corrected chi connectivity index (χ4v) is 5.82. The Hall–Kier alpha value is -3.05. The molecule has 1 fully saturated rings. The van der Waals surface area contributed by atoms with Crippen LogP contribution in [0.1, 0.15) is 17.3 Å². The fourth-order valence-electron chi connectivity index (χ4n) is 4.42. The standard InChI is InChI=1S/C24H30N8O2S/c1-15(33)17-12-27-24(28-13-17)31(3)14-18-10-19-21(35-18)23(32-6-8-34-9-7-32)30-22(29-19)16-4-5-20(25-2)26-11-16/h4-5,10,12-13,16,19,21H,6-9,11,14H2,1-3H3,(H,25,26). The van der Waals surface area contributed by atoms with E-state index in [1.54, 1.807) is 19.4 Å². The maximum atomic E-state index is 11.5. The number of fused-ring (bicyclic) bond motifs is 1. The zero-order chi connectivity index (χ0) is 24.4. The van der Waals surface area contributed by atoms with Crippen LogP contribution in [-0.4, -0.2) is 103 Å². The first-order valence-electron chi connectivity index (χ1n) is 11.8. The number of aliphatic imine (C=N–C) groups is 3. The highest BCUT2D eigenvalue weighted by atomic mass is 32.2. The van der Waals surface area contributed by atoms with Crippen LogP contribution in [0.2, 0.25) is 0 Å². The van der Waals surface area contributed by atoms with Gasteiger partial charge in [0.15, 0.2) is 5.78 Å². The number of anilines is 1. The number of ketones is 1. The van der Waals surface area contributed by atoms with Crippen molar-refractivity contribution in [1.82, 2.24) is 20.2 Å². The SMILES string of the molecule is CN=C1C=CC(C2=NC3C=C(CN(C)c4ncc(C(C)=O)cn4)SC3C(N3CCOCC3)=N2)CN1. The normalized spacial score (nSPS) is 27.1. The molecule has 4 aliphatic rings. The minimum Gasteiger partial charge on any atom is -0.378 e. The Morgan fingerprint density at radius 2 is 2.09 bits per heavy atom. The Bertz CT molecular complexity index is 1120. The maximum absolute atomic E-state index is 11.5. The second-order valence-electron chi connectivity index (χ2n) is 8.86. The summed E-state index contributed by atoms with van der Waals surface area (Å²) in [6, 6.07) is 0.0318. The number of morpholine rings is 1. The van der Waals surface area contributed by atoms with Gasteiger partial charge in [-0.25, -0.2) is 15.0 Å². The predicted octanol–water partition coefficient (Wildman–Crippen LogP) is 1.43. The number of likely N-dealkylation sites (N-methyl/N-ethyl adjacent to an activating group) is 1. The van der Waals surface area contributed by atoms with Crippen molar-refractivity contribution >= 4 is 41.0 Å². The first-order chi connectivity index (χ1) is 17.0. The Balaban J connectivity index is 1.36. The van der Waals surface area contributed by atoms with E-state index >= 15 is 0 Å². The minimum absolute atomic E-state index is 0.0318. The van der Waals surface area contributed by atoms with Gasteiger partial charge in [-0.3, -0.25) is 14.8 Å². The Morgan fingerprint density at radius 1 is 1.31 bits per heavy atom. The maximum Gasteiger partial charge on any atom is 0.225 e. The summed E-state index contributed by atoms with van der Waals surface area (Å²) < 4.78 is 5.59. The number of thioether (sulfide) groups is 1. The molecule has 0 aliphatic carbocycles. The van der Waals surface area contributed by atoms with Gasteiger partial charge in [-0.05, 0) is 19.1 Å². The van der Waals surface area contributed by atoms with Crippen LogP contribution in [0, 0.1) is 5.92 Å². The van der Waals surface area contributed by atoms with Gasteiger partial charge in [0.2, 0.25) is 5.95 Å². The largest absolute Gasteiger partial charge is 0.378 e. The number of hydrogen-bond donors (Lipinski definition) is 1. The van der Waals surface area contributed by atoms with Gasteiger partial charge in [-0.15, -0.1) is 11.8 Å². The number of rotatable bonds is 5. The summed E-state index contributed by atoms with van der Waals surface area (Å²) in [5.41, 5.74) is 0.513. The molecule has 4 aliphatic heterocycles. The van der Waals surface area contributed by atoms with E-state index in [1.807, 2.05) is 29.8 Å². The minimum atomic E-state index is -0.0397. The summed E-state index contributed by atoms with van der Waals surface area (Å²) >= 11 is 1.82. The molecule has 3 atom stereocenters. The zero-order valence-electron chi connectivity index (χ0n) is 20.2. The van der Waals surface area contributed by atoms with Gasteiger partial charge in [-0.1, -0.05) is 6.08 Å². The number of aromatic nitrogens is 2. The summed E-state index contributed by atoms with van der Waals surface area (Å²) in [7, 11) is 3.75. The number of nitrogens with one attached hydrogen (secondary N) is 1. The third kappa shape index (κ3) is 5.15. The molecule has 0 amide bonds. The van der Waals surface area contributed by atoms with Gasteiger partial charge in [0.25, 0.3) is 0 Å². The monoisotopic (exact) mass is 494 g/mol. The first-order valence-corrected chi connectivity index (χ1v) is 12.7. The number of amidine groups is 3. The smallest absolute Gasteiger partial charge is 0.225 e. The van der Waals surface area contributed by atoms with E-state index in [4.69, 9.17) is 14.7 Å². The fraction of sp³-hybridized carbons (Fsp3) is 0.500. The van der Waals surface area contributed by atoms with Crippen molar-refractivity contribution in [2.75, 3.05) is 58.4 Å². The average molecular weight is 495 g/mol. The highest BCUT2D eigenvalue weighted by Crippen LogP contribution is 2.39. The summed E-state index contributed by atoms with van der Waals surface area (Å²) in [5.74, 6) is 3.49. The van der Waals surface area contributed by atoms with Crippen LogP contribution >= 0.6 is 11.8 Å². The van der Waals surface area contributed by atoms with Crippen molar-refractivity contribution in [1.29, 1.82) is 0 Å². The molecule has 1 aromatic heterocycles. The molecule has 1 N–H and O–H groups in total. The molecule has 184 valence electrons. The number of carbonyl (C=O) groups is 1. The van der Waals surface area contributed by atoms with E-state index in [0.717, 1.165) is 37.1 Å². The molecule has 0 saturated carbocycles. The van der Waals surface area contributed by atoms with Crippen LogP contribution in [0.25, 0.3) is 0 Å². The average Bonchev–Trinajstić information content (AvgIpc) is 3.31. The van der Waals surface area contributed by atoms with Crippen LogP contribution in [0.5, 0.6) is 0 Å². The van der Waals surface area contributed by atoms with E-state index < -0.39 is 0 Å². The van der Waals surface area contributed by atoms with E-state index in [9.17, 15) is 4.79 Å². The van der Waals surface area contributed by atoms with E-state index in [2.05, 4.69) is 37.3 Å². The van der Waals surface area contributed by atoms with Gasteiger partial charge in [0, 0.05) is 51.0 Å². The number of ether oxygens (including phenoxy) is 1. The molecule has 35 heavy (non-hydrogen) atoms.